The normalized spacial score (nSPS) is 22.9. The van der Waals surface area contributed by atoms with Crippen molar-refractivity contribution in [3.63, 3.8) is 0 Å². The van der Waals surface area contributed by atoms with Gasteiger partial charge in [0, 0.05) is 25.5 Å². The molecule has 0 aromatic carbocycles. The van der Waals surface area contributed by atoms with Crippen LogP contribution in [0.5, 0.6) is 0 Å². The Morgan fingerprint density at radius 2 is 1.70 bits per heavy atom. The number of hydrogen-bond acceptors (Lipinski definition) is 3. The van der Waals surface area contributed by atoms with Crippen molar-refractivity contribution in [3.05, 3.63) is 30.1 Å². The molecule has 2 saturated heterocycles. The molecule has 1 amide bonds. The quantitative estimate of drug-likeness (QED) is 0.822. The number of piperidine rings is 1. The SMILES string of the molecule is CN1CCC(C(=O)N2CCCC2)(c2ccncc2)CC1. The summed E-state index contributed by atoms with van der Waals surface area (Å²) in [7, 11) is 2.14. The molecule has 1 aromatic rings. The third kappa shape index (κ3) is 2.33. The Morgan fingerprint density at radius 1 is 1.10 bits per heavy atom. The first-order valence-corrected chi connectivity index (χ1v) is 7.61. The minimum Gasteiger partial charge on any atom is -0.342 e. The molecule has 0 aliphatic carbocycles. The van der Waals surface area contributed by atoms with E-state index in [2.05, 4.69) is 21.8 Å². The van der Waals surface area contributed by atoms with Gasteiger partial charge in [0.1, 0.15) is 0 Å². The number of rotatable bonds is 2. The number of pyridine rings is 1. The van der Waals surface area contributed by atoms with Crippen LogP contribution >= 0.6 is 0 Å². The van der Waals surface area contributed by atoms with E-state index in [-0.39, 0.29) is 5.41 Å². The second-order valence-corrected chi connectivity index (χ2v) is 6.12. The molecule has 0 N–H and O–H groups in total. The number of carbonyl (C=O) groups is 1. The molecule has 4 nitrogen and oxygen atoms in total. The first-order chi connectivity index (χ1) is 9.72. The first kappa shape index (κ1) is 13.6. The van der Waals surface area contributed by atoms with E-state index in [0.29, 0.717) is 5.91 Å². The molecule has 2 aliphatic heterocycles. The van der Waals surface area contributed by atoms with Crippen molar-refractivity contribution in [1.82, 2.24) is 14.8 Å². The van der Waals surface area contributed by atoms with E-state index in [1.54, 1.807) is 0 Å². The standard InChI is InChI=1S/C16H23N3O/c1-18-12-6-16(7-13-18,14-4-8-17-9-5-14)15(20)19-10-2-3-11-19/h4-5,8-9H,2-3,6-7,10-13H2,1H3. The minimum absolute atomic E-state index is 0.320. The summed E-state index contributed by atoms with van der Waals surface area (Å²) in [5, 5.41) is 0. The molecule has 0 unspecified atom stereocenters. The predicted octanol–water partition coefficient (Wildman–Crippen LogP) is 1.67. The van der Waals surface area contributed by atoms with Gasteiger partial charge in [0.2, 0.25) is 5.91 Å². The van der Waals surface area contributed by atoms with Gasteiger partial charge in [-0.25, -0.2) is 0 Å². The maximum atomic E-state index is 13.1. The number of hydrogen-bond donors (Lipinski definition) is 0. The van der Waals surface area contributed by atoms with Gasteiger partial charge in [-0.1, -0.05) is 0 Å². The zero-order valence-electron chi connectivity index (χ0n) is 12.2. The highest BCUT2D eigenvalue weighted by molar-refractivity contribution is 5.88. The summed E-state index contributed by atoms with van der Waals surface area (Å²) in [6.45, 7) is 3.84. The second-order valence-electron chi connectivity index (χ2n) is 6.12. The molecule has 108 valence electrons. The molecule has 3 rings (SSSR count). The van der Waals surface area contributed by atoms with Crippen molar-refractivity contribution in [3.8, 4) is 0 Å². The molecule has 4 heteroatoms. The summed E-state index contributed by atoms with van der Waals surface area (Å²) in [5.74, 6) is 0.342. The highest BCUT2D eigenvalue weighted by Crippen LogP contribution is 2.37. The van der Waals surface area contributed by atoms with E-state index < -0.39 is 0 Å². The Balaban J connectivity index is 1.93. The van der Waals surface area contributed by atoms with Crippen LogP contribution in [0.15, 0.2) is 24.5 Å². The van der Waals surface area contributed by atoms with E-state index in [1.807, 2.05) is 24.5 Å². The van der Waals surface area contributed by atoms with Gasteiger partial charge >= 0.3 is 0 Å². The fourth-order valence-corrected chi connectivity index (χ4v) is 3.52. The monoisotopic (exact) mass is 273 g/mol. The summed E-state index contributed by atoms with van der Waals surface area (Å²) >= 11 is 0. The molecule has 2 fully saturated rings. The Kier molecular flexibility index (Phi) is 3.74. The number of carbonyl (C=O) groups excluding carboxylic acids is 1. The molecule has 1 aromatic heterocycles. The van der Waals surface area contributed by atoms with Crippen LogP contribution in [0, 0.1) is 0 Å². The van der Waals surface area contributed by atoms with Crippen LogP contribution < -0.4 is 0 Å². The van der Waals surface area contributed by atoms with Crippen LogP contribution in [0.25, 0.3) is 0 Å². The van der Waals surface area contributed by atoms with Crippen molar-refractivity contribution in [2.45, 2.75) is 31.1 Å². The molecule has 0 atom stereocenters. The predicted molar refractivity (Wildman–Crippen MR) is 78.5 cm³/mol. The van der Waals surface area contributed by atoms with E-state index in [1.165, 1.54) is 0 Å². The van der Waals surface area contributed by atoms with Crippen LogP contribution in [-0.4, -0.2) is 53.9 Å². The van der Waals surface area contributed by atoms with Gasteiger partial charge in [-0.2, -0.15) is 0 Å². The Hall–Kier alpha value is -1.42. The molecule has 3 heterocycles. The van der Waals surface area contributed by atoms with Crippen LogP contribution in [0.2, 0.25) is 0 Å². The lowest BCUT2D eigenvalue weighted by molar-refractivity contribution is -0.138. The Morgan fingerprint density at radius 3 is 2.30 bits per heavy atom. The topological polar surface area (TPSA) is 36.4 Å². The zero-order valence-corrected chi connectivity index (χ0v) is 12.2. The maximum absolute atomic E-state index is 13.1. The smallest absolute Gasteiger partial charge is 0.233 e. The van der Waals surface area contributed by atoms with Gasteiger partial charge in [0.05, 0.1) is 5.41 Å². The highest BCUT2D eigenvalue weighted by atomic mass is 16.2. The van der Waals surface area contributed by atoms with Gasteiger partial charge in [0.25, 0.3) is 0 Å². The van der Waals surface area contributed by atoms with Crippen molar-refractivity contribution < 1.29 is 4.79 Å². The first-order valence-electron chi connectivity index (χ1n) is 7.61. The molecular formula is C16H23N3O. The Bertz CT molecular complexity index is 460. The van der Waals surface area contributed by atoms with E-state index in [4.69, 9.17) is 0 Å². The summed E-state index contributed by atoms with van der Waals surface area (Å²) in [6.07, 6.45) is 7.77. The molecule has 0 spiro atoms. The molecule has 0 radical (unpaired) electrons. The van der Waals surface area contributed by atoms with Crippen LogP contribution in [0.4, 0.5) is 0 Å². The zero-order chi connectivity index (χ0) is 14.0. The van der Waals surface area contributed by atoms with Gasteiger partial charge < -0.3 is 9.80 Å². The van der Waals surface area contributed by atoms with Crippen molar-refractivity contribution in [1.29, 1.82) is 0 Å². The third-order valence-electron chi connectivity index (χ3n) is 4.88. The molecule has 20 heavy (non-hydrogen) atoms. The van der Waals surface area contributed by atoms with Gasteiger partial charge in [0.15, 0.2) is 0 Å². The third-order valence-corrected chi connectivity index (χ3v) is 4.88. The van der Waals surface area contributed by atoms with E-state index >= 15 is 0 Å². The van der Waals surface area contributed by atoms with Gasteiger partial charge in [-0.15, -0.1) is 0 Å². The lowest BCUT2D eigenvalue weighted by Gasteiger charge is -2.41. The lowest BCUT2D eigenvalue weighted by Crippen LogP contribution is -2.51. The molecule has 0 bridgehead atoms. The number of likely N-dealkylation sites (tertiary alicyclic amines) is 2. The van der Waals surface area contributed by atoms with Crippen LogP contribution in [-0.2, 0) is 10.2 Å². The van der Waals surface area contributed by atoms with E-state index in [0.717, 1.165) is 57.4 Å². The number of nitrogens with zero attached hydrogens (tertiary/aromatic N) is 3. The Labute approximate surface area is 120 Å². The van der Waals surface area contributed by atoms with Crippen LogP contribution in [0.1, 0.15) is 31.2 Å². The van der Waals surface area contributed by atoms with E-state index in [9.17, 15) is 4.79 Å². The lowest BCUT2D eigenvalue weighted by atomic mass is 9.72. The largest absolute Gasteiger partial charge is 0.342 e. The molecule has 0 saturated carbocycles. The average Bonchev–Trinajstić information content (AvgIpc) is 3.03. The fraction of sp³-hybridized carbons (Fsp3) is 0.625. The van der Waals surface area contributed by atoms with Crippen molar-refractivity contribution >= 4 is 5.91 Å². The van der Waals surface area contributed by atoms with Gasteiger partial charge in [-0.3, -0.25) is 9.78 Å². The number of amides is 1. The second kappa shape index (κ2) is 5.52. The average molecular weight is 273 g/mol. The van der Waals surface area contributed by atoms with Crippen LogP contribution in [0.3, 0.4) is 0 Å². The summed E-state index contributed by atoms with van der Waals surface area (Å²) in [4.78, 5) is 21.6. The summed E-state index contributed by atoms with van der Waals surface area (Å²) in [5.41, 5.74) is 0.831. The highest BCUT2D eigenvalue weighted by Gasteiger charge is 2.44. The summed E-state index contributed by atoms with van der Waals surface area (Å²) < 4.78 is 0. The maximum Gasteiger partial charge on any atom is 0.233 e. The number of aromatic nitrogens is 1. The van der Waals surface area contributed by atoms with Gasteiger partial charge in [-0.05, 0) is 63.5 Å². The summed E-state index contributed by atoms with van der Waals surface area (Å²) in [6, 6.07) is 4.05. The molecule has 2 aliphatic rings. The van der Waals surface area contributed by atoms with Crippen molar-refractivity contribution in [2.75, 3.05) is 33.2 Å². The van der Waals surface area contributed by atoms with Crippen molar-refractivity contribution in [2.24, 2.45) is 0 Å². The minimum atomic E-state index is -0.320. The fourth-order valence-electron chi connectivity index (χ4n) is 3.52. The molecular weight excluding hydrogens is 250 g/mol.